The Morgan fingerprint density at radius 3 is 1.95 bits per heavy atom. The monoisotopic (exact) mass is 544 g/mol. The summed E-state index contributed by atoms with van der Waals surface area (Å²) < 4.78 is 0. The van der Waals surface area contributed by atoms with Crippen LogP contribution in [0.15, 0.2) is 79.1 Å². The molecule has 1 aromatic heterocycles. The molecule has 3 unspecified atom stereocenters. The Balaban J connectivity index is 1.67. The molecule has 0 saturated carbocycles. The van der Waals surface area contributed by atoms with E-state index in [-0.39, 0.29) is 17.0 Å². The molecule has 0 saturated heterocycles. The van der Waals surface area contributed by atoms with Gasteiger partial charge in [-0.05, 0) is 70.7 Å². The topological polar surface area (TPSA) is 32.3 Å². The molecule has 3 aromatic carbocycles. The quantitative estimate of drug-likeness (QED) is 0.242. The second-order valence-corrected chi connectivity index (χ2v) is 13.0. The first-order valence-electron chi connectivity index (χ1n) is 15.4. The van der Waals surface area contributed by atoms with Crippen LogP contribution in [-0.2, 0) is 5.41 Å². The molecule has 3 atom stereocenters. The third-order valence-corrected chi connectivity index (χ3v) is 10.4. The van der Waals surface area contributed by atoms with E-state index in [0.29, 0.717) is 11.8 Å². The van der Waals surface area contributed by atoms with Crippen LogP contribution in [-0.4, -0.2) is 16.1 Å². The van der Waals surface area contributed by atoms with Crippen molar-refractivity contribution in [2.45, 2.75) is 91.6 Å². The number of hydrogen-bond donors (Lipinski definition) is 0. The molecule has 0 amide bonds. The summed E-state index contributed by atoms with van der Waals surface area (Å²) in [4.78, 5) is 15.0. The zero-order chi connectivity index (χ0) is 29.1. The Kier molecular flexibility index (Phi) is 6.71. The Morgan fingerprint density at radius 2 is 1.39 bits per heavy atom. The van der Waals surface area contributed by atoms with E-state index in [2.05, 4.69) is 132 Å². The molecule has 212 valence electrons. The van der Waals surface area contributed by atoms with Crippen molar-refractivity contribution < 1.29 is 0 Å². The van der Waals surface area contributed by atoms with Crippen molar-refractivity contribution in [3.05, 3.63) is 95.8 Å². The van der Waals surface area contributed by atoms with E-state index in [1.807, 2.05) is 12.4 Å². The lowest BCUT2D eigenvalue weighted by Crippen LogP contribution is -2.62. The maximum atomic E-state index is 5.02. The summed E-state index contributed by atoms with van der Waals surface area (Å²) in [6.45, 7) is 18.9. The summed E-state index contributed by atoms with van der Waals surface area (Å²) >= 11 is 0. The van der Waals surface area contributed by atoms with Gasteiger partial charge < -0.3 is 9.80 Å². The molecule has 6 rings (SSSR count). The molecule has 41 heavy (non-hydrogen) atoms. The van der Waals surface area contributed by atoms with Crippen molar-refractivity contribution in [1.82, 2.24) is 9.97 Å². The number of rotatable bonds is 6. The van der Waals surface area contributed by atoms with Crippen LogP contribution < -0.4 is 9.80 Å². The van der Waals surface area contributed by atoms with Crippen LogP contribution in [0, 0.1) is 5.41 Å². The van der Waals surface area contributed by atoms with Gasteiger partial charge in [-0.15, -0.1) is 0 Å². The van der Waals surface area contributed by atoms with E-state index in [1.165, 1.54) is 39.2 Å². The van der Waals surface area contributed by atoms with Crippen LogP contribution in [0.1, 0.15) is 96.8 Å². The Hall–Kier alpha value is -3.66. The van der Waals surface area contributed by atoms with Crippen LogP contribution >= 0.6 is 0 Å². The summed E-state index contributed by atoms with van der Waals surface area (Å²) in [6.07, 6.45) is 5.81. The predicted octanol–water partition coefficient (Wildman–Crippen LogP) is 10.1. The lowest BCUT2D eigenvalue weighted by molar-refractivity contribution is 0.0963. The van der Waals surface area contributed by atoms with Gasteiger partial charge in [0.25, 0.3) is 0 Å². The second kappa shape index (κ2) is 10.0. The molecule has 4 nitrogen and oxygen atoms in total. The Labute approximate surface area is 246 Å². The SMILES string of the molecule is CCC1(C)c2cc(C(C)C)c(-c3ccccc3)cc2N2c3nccnc3N(c3ccc(C(C)C)cc3)C2C1(C)CC. The summed E-state index contributed by atoms with van der Waals surface area (Å²) in [6, 6.07) is 25.0. The normalized spacial score (nSPS) is 23.1. The van der Waals surface area contributed by atoms with E-state index in [9.17, 15) is 0 Å². The molecule has 3 heterocycles. The summed E-state index contributed by atoms with van der Waals surface area (Å²) in [5.74, 6) is 2.78. The van der Waals surface area contributed by atoms with Crippen LogP contribution in [0.3, 0.4) is 0 Å². The van der Waals surface area contributed by atoms with Gasteiger partial charge in [-0.1, -0.05) is 104 Å². The van der Waals surface area contributed by atoms with Gasteiger partial charge in [-0.25, -0.2) is 9.97 Å². The van der Waals surface area contributed by atoms with Gasteiger partial charge in [0, 0.05) is 34.6 Å². The molecule has 4 heteroatoms. The zero-order valence-corrected chi connectivity index (χ0v) is 25.9. The highest BCUT2D eigenvalue weighted by Gasteiger charge is 2.61. The van der Waals surface area contributed by atoms with Gasteiger partial charge in [-0.3, -0.25) is 0 Å². The van der Waals surface area contributed by atoms with E-state index in [1.54, 1.807) is 0 Å². The molecule has 2 aliphatic heterocycles. The minimum Gasteiger partial charge on any atom is -0.301 e. The average Bonchev–Trinajstić information content (AvgIpc) is 3.35. The van der Waals surface area contributed by atoms with E-state index >= 15 is 0 Å². The maximum absolute atomic E-state index is 5.02. The van der Waals surface area contributed by atoms with Gasteiger partial charge in [0.05, 0.1) is 0 Å². The van der Waals surface area contributed by atoms with Gasteiger partial charge in [0.1, 0.15) is 6.17 Å². The van der Waals surface area contributed by atoms with E-state index in [0.717, 1.165) is 24.5 Å². The maximum Gasteiger partial charge on any atom is 0.178 e. The number of hydrogen-bond acceptors (Lipinski definition) is 4. The smallest absolute Gasteiger partial charge is 0.178 e. The highest BCUT2D eigenvalue weighted by Crippen LogP contribution is 2.64. The minimum absolute atomic E-state index is 0.0424. The molecule has 4 aromatic rings. The van der Waals surface area contributed by atoms with Crippen molar-refractivity contribution in [2.75, 3.05) is 9.80 Å². The standard InChI is InChI=1S/C37H44N4/c1-9-36(7)31-22-29(25(5)6)30(27-14-12-11-13-15-27)23-32(31)41-34-33(38-20-21-39-34)40(35(41)37(36,8)10-2)28-18-16-26(17-19-28)24(3)4/h11-25,35H,9-10H2,1-8H3. The predicted molar refractivity (Wildman–Crippen MR) is 173 cm³/mol. The molecule has 0 bridgehead atoms. The molecule has 0 aliphatic carbocycles. The highest BCUT2D eigenvalue weighted by atomic mass is 15.5. The molecule has 2 aliphatic rings. The number of fused-ring (bicyclic) bond motifs is 5. The van der Waals surface area contributed by atoms with Crippen molar-refractivity contribution in [1.29, 1.82) is 0 Å². The summed E-state index contributed by atoms with van der Waals surface area (Å²) in [5.41, 5.74) is 9.04. The Morgan fingerprint density at radius 1 is 0.756 bits per heavy atom. The third-order valence-electron chi connectivity index (χ3n) is 10.4. The molecule has 0 N–H and O–H groups in total. The summed E-state index contributed by atoms with van der Waals surface area (Å²) in [7, 11) is 0. The van der Waals surface area contributed by atoms with Crippen LogP contribution in [0.25, 0.3) is 11.1 Å². The zero-order valence-electron chi connectivity index (χ0n) is 25.9. The molecule has 0 fully saturated rings. The fourth-order valence-electron chi connectivity index (χ4n) is 7.46. The fourth-order valence-corrected chi connectivity index (χ4v) is 7.46. The first-order chi connectivity index (χ1) is 19.7. The number of nitrogens with zero attached hydrogens (tertiary/aromatic N) is 4. The average molecular weight is 545 g/mol. The van der Waals surface area contributed by atoms with Gasteiger partial charge >= 0.3 is 0 Å². The lowest BCUT2D eigenvalue weighted by atomic mass is 9.54. The minimum atomic E-state index is -0.0869. The first-order valence-corrected chi connectivity index (χ1v) is 15.4. The van der Waals surface area contributed by atoms with Crippen LogP contribution in [0.2, 0.25) is 0 Å². The number of benzene rings is 3. The molecular formula is C37H44N4. The van der Waals surface area contributed by atoms with Crippen molar-refractivity contribution in [3.63, 3.8) is 0 Å². The number of aromatic nitrogens is 2. The molecule has 0 radical (unpaired) electrons. The molecule has 0 spiro atoms. The van der Waals surface area contributed by atoms with Crippen molar-refractivity contribution >= 4 is 23.0 Å². The van der Waals surface area contributed by atoms with Crippen molar-refractivity contribution in [3.8, 4) is 11.1 Å². The van der Waals surface area contributed by atoms with Gasteiger partial charge in [0.2, 0.25) is 0 Å². The van der Waals surface area contributed by atoms with E-state index < -0.39 is 0 Å². The van der Waals surface area contributed by atoms with Crippen LogP contribution in [0.5, 0.6) is 0 Å². The van der Waals surface area contributed by atoms with Gasteiger partial charge in [0.15, 0.2) is 11.6 Å². The number of anilines is 4. The lowest BCUT2D eigenvalue weighted by Gasteiger charge is -2.59. The highest BCUT2D eigenvalue weighted by molar-refractivity contribution is 5.89. The largest absolute Gasteiger partial charge is 0.301 e. The van der Waals surface area contributed by atoms with E-state index in [4.69, 9.17) is 9.97 Å². The molecular weight excluding hydrogens is 500 g/mol. The van der Waals surface area contributed by atoms with Crippen LogP contribution in [0.4, 0.5) is 23.0 Å². The Bertz CT molecular complexity index is 1560. The third kappa shape index (κ3) is 3.94. The first kappa shape index (κ1) is 27.5. The summed E-state index contributed by atoms with van der Waals surface area (Å²) in [5, 5.41) is 0. The second-order valence-electron chi connectivity index (χ2n) is 13.0. The van der Waals surface area contributed by atoms with Crippen molar-refractivity contribution in [2.24, 2.45) is 5.41 Å². The van der Waals surface area contributed by atoms with Gasteiger partial charge in [-0.2, -0.15) is 0 Å². The fraction of sp³-hybridized carbons (Fsp3) is 0.405.